The number of nitrogens with two attached hydrogens (primary N) is 1. The minimum absolute atomic E-state index is 0.684. The first-order valence-corrected chi connectivity index (χ1v) is 8.02. The summed E-state index contributed by atoms with van der Waals surface area (Å²) < 4.78 is 1.87. The molecule has 20 heavy (non-hydrogen) atoms. The van der Waals surface area contributed by atoms with Crippen molar-refractivity contribution >= 4 is 23.1 Å². The van der Waals surface area contributed by atoms with Crippen LogP contribution in [-0.2, 0) is 6.42 Å². The first kappa shape index (κ1) is 15.2. The van der Waals surface area contributed by atoms with Crippen LogP contribution in [0.2, 0.25) is 5.02 Å². The highest BCUT2D eigenvalue weighted by molar-refractivity contribution is 6.30. The van der Waals surface area contributed by atoms with E-state index in [1.807, 2.05) is 22.7 Å². The summed E-state index contributed by atoms with van der Waals surface area (Å²) in [5.41, 5.74) is 8.01. The molecule has 0 fully saturated rings. The van der Waals surface area contributed by atoms with Gasteiger partial charge in [0.05, 0.1) is 10.7 Å². The van der Waals surface area contributed by atoms with Crippen LogP contribution in [0.15, 0.2) is 18.3 Å². The average molecular weight is 294 g/mol. The standard InChI is InChI=1S/C16H24ClN3/c1-2-3-4-5-6-7-8-9-14-16(18)20-12-13(17)10-11-15(20)19-14/h10-12H,2-9,18H2,1H3. The number of fused-ring (bicyclic) bond motifs is 1. The van der Waals surface area contributed by atoms with Crippen LogP contribution in [0.1, 0.15) is 57.6 Å². The van der Waals surface area contributed by atoms with Gasteiger partial charge in [0.2, 0.25) is 0 Å². The third-order valence-electron chi connectivity index (χ3n) is 3.71. The number of pyridine rings is 1. The minimum Gasteiger partial charge on any atom is -0.383 e. The molecular weight excluding hydrogens is 270 g/mol. The van der Waals surface area contributed by atoms with Crippen molar-refractivity contribution in [3.8, 4) is 0 Å². The summed E-state index contributed by atoms with van der Waals surface area (Å²) in [6.07, 6.45) is 11.9. The van der Waals surface area contributed by atoms with E-state index in [1.165, 1.54) is 38.5 Å². The molecule has 0 radical (unpaired) electrons. The van der Waals surface area contributed by atoms with Gasteiger partial charge in [0.15, 0.2) is 0 Å². The van der Waals surface area contributed by atoms with E-state index in [0.717, 1.165) is 30.0 Å². The largest absolute Gasteiger partial charge is 0.383 e. The van der Waals surface area contributed by atoms with Crippen molar-refractivity contribution in [2.24, 2.45) is 0 Å². The van der Waals surface area contributed by atoms with Crippen molar-refractivity contribution in [1.82, 2.24) is 9.38 Å². The number of halogens is 1. The van der Waals surface area contributed by atoms with Gasteiger partial charge in [-0.15, -0.1) is 0 Å². The lowest BCUT2D eigenvalue weighted by molar-refractivity contribution is 0.588. The number of anilines is 1. The van der Waals surface area contributed by atoms with Gasteiger partial charge in [0.25, 0.3) is 0 Å². The molecule has 0 saturated carbocycles. The van der Waals surface area contributed by atoms with Crippen LogP contribution < -0.4 is 5.73 Å². The minimum atomic E-state index is 0.684. The van der Waals surface area contributed by atoms with E-state index in [9.17, 15) is 0 Å². The number of hydrogen-bond acceptors (Lipinski definition) is 2. The van der Waals surface area contributed by atoms with Crippen molar-refractivity contribution in [3.63, 3.8) is 0 Å². The Kier molecular flexibility index (Phi) is 5.72. The number of rotatable bonds is 8. The van der Waals surface area contributed by atoms with E-state index in [2.05, 4.69) is 11.9 Å². The SMILES string of the molecule is CCCCCCCCCc1nc2ccc(Cl)cn2c1N. The van der Waals surface area contributed by atoms with Crippen LogP contribution in [-0.4, -0.2) is 9.38 Å². The lowest BCUT2D eigenvalue weighted by Gasteiger charge is -2.01. The number of aromatic nitrogens is 2. The molecule has 2 aromatic heterocycles. The molecule has 0 saturated heterocycles. The smallest absolute Gasteiger partial charge is 0.138 e. The molecule has 2 rings (SSSR count). The van der Waals surface area contributed by atoms with Crippen LogP contribution >= 0.6 is 11.6 Å². The molecule has 110 valence electrons. The van der Waals surface area contributed by atoms with Gasteiger partial charge in [-0.2, -0.15) is 0 Å². The van der Waals surface area contributed by atoms with Gasteiger partial charge in [0.1, 0.15) is 11.5 Å². The van der Waals surface area contributed by atoms with Crippen molar-refractivity contribution in [3.05, 3.63) is 29.0 Å². The summed E-state index contributed by atoms with van der Waals surface area (Å²) in [6.45, 7) is 2.25. The number of unbranched alkanes of at least 4 members (excludes halogenated alkanes) is 6. The van der Waals surface area contributed by atoms with Crippen LogP contribution in [0, 0.1) is 0 Å². The predicted molar refractivity (Wildman–Crippen MR) is 86.3 cm³/mol. The Bertz CT molecular complexity index is 548. The maximum Gasteiger partial charge on any atom is 0.138 e. The first-order chi connectivity index (χ1) is 9.72. The van der Waals surface area contributed by atoms with Crippen molar-refractivity contribution in [2.45, 2.75) is 58.3 Å². The Labute approximate surface area is 126 Å². The Balaban J connectivity index is 1.83. The lowest BCUT2D eigenvalue weighted by Crippen LogP contribution is -1.96. The molecule has 0 aliphatic rings. The number of nitrogens with zero attached hydrogens (tertiary/aromatic N) is 2. The summed E-state index contributed by atoms with van der Waals surface area (Å²) >= 11 is 5.98. The summed E-state index contributed by atoms with van der Waals surface area (Å²) in [5, 5.41) is 0.684. The third kappa shape index (κ3) is 3.89. The molecule has 2 N–H and O–H groups in total. The van der Waals surface area contributed by atoms with E-state index < -0.39 is 0 Å². The predicted octanol–water partition coefficient (Wildman–Crippen LogP) is 4.86. The third-order valence-corrected chi connectivity index (χ3v) is 3.94. The molecule has 0 aliphatic heterocycles. The van der Waals surface area contributed by atoms with E-state index in [0.29, 0.717) is 5.02 Å². The summed E-state index contributed by atoms with van der Waals surface area (Å²) in [4.78, 5) is 4.58. The number of hydrogen-bond donors (Lipinski definition) is 1. The summed E-state index contributed by atoms with van der Waals surface area (Å²) in [6, 6.07) is 3.76. The maximum atomic E-state index is 6.13. The number of nitrogen functional groups attached to an aromatic ring is 1. The van der Waals surface area contributed by atoms with Crippen molar-refractivity contribution < 1.29 is 0 Å². The summed E-state index contributed by atoms with van der Waals surface area (Å²) in [7, 11) is 0. The number of imidazole rings is 1. The highest BCUT2D eigenvalue weighted by Gasteiger charge is 2.08. The van der Waals surface area contributed by atoms with E-state index in [1.54, 1.807) is 0 Å². The van der Waals surface area contributed by atoms with E-state index in [4.69, 9.17) is 17.3 Å². The molecule has 3 nitrogen and oxygen atoms in total. The fourth-order valence-corrected chi connectivity index (χ4v) is 2.68. The van der Waals surface area contributed by atoms with Crippen molar-refractivity contribution in [2.75, 3.05) is 5.73 Å². The molecule has 2 aromatic rings. The Hall–Kier alpha value is -1.22. The van der Waals surface area contributed by atoms with E-state index >= 15 is 0 Å². The van der Waals surface area contributed by atoms with Crippen LogP contribution in [0.3, 0.4) is 0 Å². The number of aryl methyl sites for hydroxylation is 1. The van der Waals surface area contributed by atoms with Crippen LogP contribution in [0.5, 0.6) is 0 Å². The molecule has 0 unspecified atom stereocenters. The molecule has 0 amide bonds. The van der Waals surface area contributed by atoms with Crippen LogP contribution in [0.25, 0.3) is 5.65 Å². The second kappa shape index (κ2) is 7.53. The molecule has 0 bridgehead atoms. The topological polar surface area (TPSA) is 43.3 Å². The average Bonchev–Trinajstić information content (AvgIpc) is 2.75. The second-order valence-electron chi connectivity index (χ2n) is 5.39. The Morgan fingerprint density at radius 3 is 2.55 bits per heavy atom. The Morgan fingerprint density at radius 2 is 1.80 bits per heavy atom. The molecule has 4 heteroatoms. The molecule has 0 atom stereocenters. The zero-order valence-corrected chi connectivity index (χ0v) is 13.0. The first-order valence-electron chi connectivity index (χ1n) is 7.64. The second-order valence-corrected chi connectivity index (χ2v) is 5.83. The van der Waals surface area contributed by atoms with E-state index in [-0.39, 0.29) is 0 Å². The molecule has 0 aromatic carbocycles. The lowest BCUT2D eigenvalue weighted by atomic mass is 10.1. The summed E-state index contributed by atoms with van der Waals surface area (Å²) in [5.74, 6) is 0.730. The van der Waals surface area contributed by atoms with Gasteiger partial charge < -0.3 is 5.73 Å². The monoisotopic (exact) mass is 293 g/mol. The molecular formula is C16H24ClN3. The van der Waals surface area contributed by atoms with Gasteiger partial charge >= 0.3 is 0 Å². The zero-order chi connectivity index (χ0) is 14.4. The van der Waals surface area contributed by atoms with Crippen molar-refractivity contribution in [1.29, 1.82) is 0 Å². The van der Waals surface area contributed by atoms with Crippen LogP contribution in [0.4, 0.5) is 5.82 Å². The van der Waals surface area contributed by atoms with Gasteiger partial charge in [-0.25, -0.2) is 4.98 Å². The van der Waals surface area contributed by atoms with Gasteiger partial charge in [0, 0.05) is 6.20 Å². The van der Waals surface area contributed by atoms with Gasteiger partial charge in [-0.05, 0) is 25.0 Å². The van der Waals surface area contributed by atoms with Gasteiger partial charge in [-0.1, -0.05) is 57.0 Å². The van der Waals surface area contributed by atoms with Gasteiger partial charge in [-0.3, -0.25) is 4.40 Å². The maximum absolute atomic E-state index is 6.13. The molecule has 0 aliphatic carbocycles. The fraction of sp³-hybridized carbons (Fsp3) is 0.562. The molecule has 0 spiro atoms. The quantitative estimate of drug-likeness (QED) is 0.706. The zero-order valence-electron chi connectivity index (χ0n) is 12.2. The molecule has 2 heterocycles. The highest BCUT2D eigenvalue weighted by Crippen LogP contribution is 2.20. The Morgan fingerprint density at radius 1 is 1.10 bits per heavy atom. The highest BCUT2D eigenvalue weighted by atomic mass is 35.5. The fourth-order valence-electron chi connectivity index (χ4n) is 2.52. The normalized spacial score (nSPS) is 11.3.